The van der Waals surface area contributed by atoms with Crippen molar-refractivity contribution in [3.05, 3.63) is 35.9 Å². The third kappa shape index (κ3) is 4.73. The van der Waals surface area contributed by atoms with Gasteiger partial charge in [-0.05, 0) is 49.0 Å². The lowest BCUT2D eigenvalue weighted by Crippen LogP contribution is -2.65. The second-order valence-electron chi connectivity index (χ2n) is 10.3. The van der Waals surface area contributed by atoms with E-state index in [4.69, 9.17) is 19.8 Å². The summed E-state index contributed by atoms with van der Waals surface area (Å²) in [4.78, 5) is 12.7. The van der Waals surface area contributed by atoms with Crippen molar-refractivity contribution in [2.24, 2.45) is 23.0 Å². The Hall–Kier alpha value is -1.12. The molecule has 32 heavy (non-hydrogen) atoms. The lowest BCUT2D eigenvalue weighted by molar-refractivity contribution is -0.199. The highest BCUT2D eigenvalue weighted by molar-refractivity contribution is 6.48. The molecule has 4 aliphatic rings. The molecule has 2 bridgehead atoms. The molecule has 1 aromatic carbocycles. The molecule has 1 aromatic rings. The molecule has 6 nitrogen and oxygen atoms in total. The van der Waals surface area contributed by atoms with Gasteiger partial charge in [0.05, 0.1) is 36.9 Å². The number of benzene rings is 1. The highest BCUT2D eigenvalue weighted by atomic mass is 35.5. The topological polar surface area (TPSA) is 82.8 Å². The van der Waals surface area contributed by atoms with Crippen LogP contribution in [0.15, 0.2) is 30.3 Å². The highest BCUT2D eigenvalue weighted by Gasteiger charge is 2.68. The van der Waals surface area contributed by atoms with Crippen molar-refractivity contribution in [2.45, 2.75) is 83.7 Å². The van der Waals surface area contributed by atoms with Crippen LogP contribution < -0.4 is 11.1 Å². The summed E-state index contributed by atoms with van der Waals surface area (Å²) in [5.74, 6) is 0.574. The SMILES string of the molecule is CCC[C@@H](N)C(=O)N[C@@H](COCc1ccccc1)B1O[C@@H]2C[C@@H]3C[C@@H](C3(C)C)[C@]2(C)O1.Cl. The summed E-state index contributed by atoms with van der Waals surface area (Å²) in [6.07, 6.45) is 3.77. The van der Waals surface area contributed by atoms with Crippen LogP contribution in [0.2, 0.25) is 0 Å². The number of nitrogens with two attached hydrogens (primary N) is 1. The van der Waals surface area contributed by atoms with Crippen LogP contribution in [0, 0.1) is 17.3 Å². The lowest BCUT2D eigenvalue weighted by atomic mass is 9.43. The molecule has 3 N–H and O–H groups in total. The van der Waals surface area contributed by atoms with E-state index >= 15 is 0 Å². The van der Waals surface area contributed by atoms with Gasteiger partial charge in [0.2, 0.25) is 5.91 Å². The smallest absolute Gasteiger partial charge is 0.404 e. The predicted octanol–water partition coefficient (Wildman–Crippen LogP) is 3.50. The first-order valence-electron chi connectivity index (χ1n) is 11.8. The summed E-state index contributed by atoms with van der Waals surface area (Å²) in [6.45, 7) is 9.68. The van der Waals surface area contributed by atoms with E-state index in [2.05, 4.69) is 26.1 Å². The predicted molar refractivity (Wildman–Crippen MR) is 128 cm³/mol. The van der Waals surface area contributed by atoms with Crippen molar-refractivity contribution in [1.29, 1.82) is 0 Å². The zero-order chi connectivity index (χ0) is 22.2. The minimum Gasteiger partial charge on any atom is -0.404 e. The van der Waals surface area contributed by atoms with Gasteiger partial charge in [0.25, 0.3) is 0 Å². The molecule has 0 spiro atoms. The van der Waals surface area contributed by atoms with Gasteiger partial charge >= 0.3 is 7.12 Å². The normalized spacial score (nSPS) is 31.7. The van der Waals surface area contributed by atoms with Gasteiger partial charge in [-0.25, -0.2) is 0 Å². The molecule has 3 aliphatic carbocycles. The molecule has 0 unspecified atom stereocenters. The molecular formula is C24H38BClN2O4. The van der Waals surface area contributed by atoms with Gasteiger partial charge in [0.15, 0.2) is 0 Å². The first kappa shape index (κ1) is 25.5. The Labute approximate surface area is 198 Å². The van der Waals surface area contributed by atoms with Gasteiger partial charge in [-0.3, -0.25) is 4.79 Å². The molecule has 0 radical (unpaired) electrons. The maximum atomic E-state index is 12.7. The molecule has 1 saturated heterocycles. The van der Waals surface area contributed by atoms with Crippen LogP contribution in [-0.2, 0) is 25.4 Å². The molecule has 1 heterocycles. The molecule has 0 aromatic heterocycles. The third-order valence-corrected chi connectivity index (χ3v) is 7.97. The number of hydrogen-bond acceptors (Lipinski definition) is 5. The second-order valence-corrected chi connectivity index (χ2v) is 10.3. The second kappa shape index (κ2) is 10.0. The van der Waals surface area contributed by atoms with Gasteiger partial charge in [0, 0.05) is 0 Å². The van der Waals surface area contributed by atoms with Crippen LogP contribution in [0.1, 0.15) is 58.9 Å². The van der Waals surface area contributed by atoms with Crippen LogP contribution in [0.3, 0.4) is 0 Å². The van der Waals surface area contributed by atoms with Crippen molar-refractivity contribution in [3.63, 3.8) is 0 Å². The highest BCUT2D eigenvalue weighted by Crippen LogP contribution is 2.65. The molecule has 1 amide bonds. The fourth-order valence-electron chi connectivity index (χ4n) is 5.87. The van der Waals surface area contributed by atoms with E-state index in [0.29, 0.717) is 31.5 Å². The van der Waals surface area contributed by atoms with E-state index in [1.807, 2.05) is 37.3 Å². The molecular weight excluding hydrogens is 427 g/mol. The molecule has 6 atom stereocenters. The molecule has 178 valence electrons. The molecule has 8 heteroatoms. The minimum atomic E-state index is -0.535. The fraction of sp³-hybridized carbons (Fsp3) is 0.708. The Bertz CT molecular complexity index is 783. The van der Waals surface area contributed by atoms with Gasteiger partial charge < -0.3 is 25.1 Å². The van der Waals surface area contributed by atoms with Crippen LogP contribution in [-0.4, -0.2) is 43.3 Å². The number of carbonyl (C=O) groups is 1. The van der Waals surface area contributed by atoms with Gasteiger partial charge in [0.1, 0.15) is 0 Å². The van der Waals surface area contributed by atoms with E-state index in [9.17, 15) is 4.79 Å². The monoisotopic (exact) mass is 464 g/mol. The quantitative estimate of drug-likeness (QED) is 0.547. The van der Waals surface area contributed by atoms with Gasteiger partial charge in [-0.15, -0.1) is 12.4 Å². The first-order chi connectivity index (χ1) is 14.8. The zero-order valence-electron chi connectivity index (χ0n) is 19.7. The fourth-order valence-corrected chi connectivity index (χ4v) is 5.87. The maximum absolute atomic E-state index is 12.7. The molecule has 1 aliphatic heterocycles. The van der Waals surface area contributed by atoms with Gasteiger partial charge in [-0.2, -0.15) is 0 Å². The first-order valence-corrected chi connectivity index (χ1v) is 11.8. The van der Waals surface area contributed by atoms with Crippen LogP contribution in [0.4, 0.5) is 0 Å². The van der Waals surface area contributed by atoms with Crippen molar-refractivity contribution in [2.75, 3.05) is 6.61 Å². The number of hydrogen-bond donors (Lipinski definition) is 2. The Kier molecular flexibility index (Phi) is 7.99. The van der Waals surface area contributed by atoms with E-state index < -0.39 is 19.1 Å². The maximum Gasteiger partial charge on any atom is 0.484 e. The van der Waals surface area contributed by atoms with Gasteiger partial charge in [-0.1, -0.05) is 57.5 Å². The number of amides is 1. The molecule has 4 fully saturated rings. The van der Waals surface area contributed by atoms with Crippen LogP contribution in [0.25, 0.3) is 0 Å². The van der Waals surface area contributed by atoms with Crippen LogP contribution in [0.5, 0.6) is 0 Å². The summed E-state index contributed by atoms with van der Waals surface area (Å²) in [6, 6.07) is 9.48. The molecule has 3 saturated carbocycles. The van der Waals surface area contributed by atoms with Crippen molar-refractivity contribution in [3.8, 4) is 0 Å². The Morgan fingerprint density at radius 3 is 2.66 bits per heavy atom. The zero-order valence-corrected chi connectivity index (χ0v) is 20.5. The number of carbonyl (C=O) groups excluding carboxylic acids is 1. The summed E-state index contributed by atoms with van der Waals surface area (Å²) in [5.41, 5.74) is 7.11. The average Bonchev–Trinajstić information content (AvgIpc) is 3.10. The van der Waals surface area contributed by atoms with E-state index in [0.717, 1.165) is 18.4 Å². The van der Waals surface area contributed by atoms with E-state index in [-0.39, 0.29) is 35.4 Å². The summed E-state index contributed by atoms with van der Waals surface area (Å²) < 4.78 is 19.0. The van der Waals surface area contributed by atoms with Crippen LogP contribution >= 0.6 is 12.4 Å². The Balaban J connectivity index is 0.00000289. The standard InChI is InChI=1S/C24H37BN2O4.ClH/c1-5-9-18(26)22(28)27-21(15-29-14-16-10-7-6-8-11-16)25-30-20-13-17-12-19(23(17,2)3)24(20,4)31-25;/h6-8,10-11,17-21H,5,9,12-15,26H2,1-4H3,(H,27,28);1H/t17-,18+,19-,20+,21-,24-;/m0./s1. The number of rotatable bonds is 9. The summed E-state index contributed by atoms with van der Waals surface area (Å²) in [5, 5.41) is 3.07. The number of ether oxygens (including phenoxy) is 1. The summed E-state index contributed by atoms with van der Waals surface area (Å²) >= 11 is 0. The minimum absolute atomic E-state index is 0. The Morgan fingerprint density at radius 2 is 2.00 bits per heavy atom. The van der Waals surface area contributed by atoms with E-state index in [1.165, 1.54) is 6.42 Å². The molecule has 5 rings (SSSR count). The largest absolute Gasteiger partial charge is 0.484 e. The van der Waals surface area contributed by atoms with E-state index in [1.54, 1.807) is 0 Å². The van der Waals surface area contributed by atoms with Crippen molar-refractivity contribution >= 4 is 25.4 Å². The number of halogens is 1. The Morgan fingerprint density at radius 1 is 1.28 bits per heavy atom. The number of nitrogens with one attached hydrogen (secondary N) is 1. The van der Waals surface area contributed by atoms with Crippen molar-refractivity contribution < 1.29 is 18.8 Å². The average molecular weight is 465 g/mol. The van der Waals surface area contributed by atoms with Crippen molar-refractivity contribution in [1.82, 2.24) is 5.32 Å². The third-order valence-electron chi connectivity index (χ3n) is 7.97. The lowest BCUT2D eigenvalue weighted by Gasteiger charge is -2.64. The summed E-state index contributed by atoms with van der Waals surface area (Å²) in [7, 11) is -0.529.